The SMILES string of the molecule is CCC1CCC(C2CC=C(c3ccc(C(F)(F)F)c(F)c3)CC2)CC1. The fraction of sp³-hybridized carbons (Fsp3) is 0.619. The number of rotatable bonds is 3. The Labute approximate surface area is 147 Å². The molecule has 0 radical (unpaired) electrons. The van der Waals surface area contributed by atoms with E-state index in [2.05, 4.69) is 13.0 Å². The van der Waals surface area contributed by atoms with E-state index in [1.54, 1.807) is 0 Å². The zero-order valence-electron chi connectivity index (χ0n) is 14.7. The number of benzene rings is 1. The summed E-state index contributed by atoms with van der Waals surface area (Å²) in [6.07, 6.45) is 6.92. The molecule has 138 valence electrons. The second-order valence-electron chi connectivity index (χ2n) is 7.65. The van der Waals surface area contributed by atoms with Crippen LogP contribution in [0.4, 0.5) is 17.6 Å². The maximum absolute atomic E-state index is 13.8. The third-order valence-electron chi connectivity index (χ3n) is 6.23. The molecule has 0 nitrogen and oxygen atoms in total. The van der Waals surface area contributed by atoms with Crippen molar-refractivity contribution in [2.24, 2.45) is 17.8 Å². The summed E-state index contributed by atoms with van der Waals surface area (Å²) in [4.78, 5) is 0. The highest BCUT2D eigenvalue weighted by atomic mass is 19.4. The number of hydrogen-bond donors (Lipinski definition) is 0. The third kappa shape index (κ3) is 4.27. The lowest BCUT2D eigenvalue weighted by Crippen LogP contribution is -2.23. The first-order chi connectivity index (χ1) is 11.9. The van der Waals surface area contributed by atoms with Crippen LogP contribution in [0.1, 0.15) is 69.4 Å². The van der Waals surface area contributed by atoms with E-state index < -0.39 is 17.6 Å². The van der Waals surface area contributed by atoms with E-state index in [9.17, 15) is 17.6 Å². The van der Waals surface area contributed by atoms with Crippen LogP contribution >= 0.6 is 0 Å². The average molecular weight is 354 g/mol. The van der Waals surface area contributed by atoms with Gasteiger partial charge in [-0.25, -0.2) is 4.39 Å². The van der Waals surface area contributed by atoms with Crippen LogP contribution < -0.4 is 0 Å². The molecular weight excluding hydrogens is 328 g/mol. The van der Waals surface area contributed by atoms with E-state index in [0.717, 1.165) is 48.8 Å². The molecule has 1 saturated carbocycles. The maximum Gasteiger partial charge on any atom is 0.419 e. The van der Waals surface area contributed by atoms with Crippen LogP contribution in [0, 0.1) is 23.6 Å². The molecule has 2 aliphatic carbocycles. The quantitative estimate of drug-likeness (QED) is 0.502. The lowest BCUT2D eigenvalue weighted by atomic mass is 9.70. The van der Waals surface area contributed by atoms with Gasteiger partial charge in [-0.1, -0.05) is 38.3 Å². The van der Waals surface area contributed by atoms with Gasteiger partial charge in [0.1, 0.15) is 5.82 Å². The summed E-state index contributed by atoms with van der Waals surface area (Å²) < 4.78 is 51.8. The van der Waals surface area contributed by atoms with Gasteiger partial charge in [-0.05, 0) is 73.1 Å². The molecular formula is C21H26F4. The highest BCUT2D eigenvalue weighted by Gasteiger charge is 2.34. The standard InChI is InChI=1S/C21H26F4/c1-2-14-3-5-15(6-4-14)16-7-9-17(10-8-16)18-11-12-19(20(22)13-18)21(23,24)25/h9,11-16H,2-8,10H2,1H3. The fourth-order valence-electron chi connectivity index (χ4n) is 4.56. The normalized spacial score (nSPS) is 27.9. The average Bonchev–Trinajstić information content (AvgIpc) is 2.61. The summed E-state index contributed by atoms with van der Waals surface area (Å²) in [7, 11) is 0. The van der Waals surface area contributed by atoms with Gasteiger partial charge in [0.05, 0.1) is 5.56 Å². The van der Waals surface area contributed by atoms with Crippen molar-refractivity contribution in [3.63, 3.8) is 0 Å². The Morgan fingerprint density at radius 2 is 1.72 bits per heavy atom. The van der Waals surface area contributed by atoms with Gasteiger partial charge in [-0.15, -0.1) is 0 Å². The Morgan fingerprint density at radius 1 is 1.00 bits per heavy atom. The molecule has 0 saturated heterocycles. The molecule has 1 aromatic rings. The first-order valence-electron chi connectivity index (χ1n) is 9.44. The predicted octanol–water partition coefficient (Wildman–Crippen LogP) is 7.24. The zero-order valence-corrected chi connectivity index (χ0v) is 14.7. The largest absolute Gasteiger partial charge is 0.419 e. The van der Waals surface area contributed by atoms with E-state index in [1.807, 2.05) is 0 Å². The van der Waals surface area contributed by atoms with Gasteiger partial charge < -0.3 is 0 Å². The van der Waals surface area contributed by atoms with Crippen molar-refractivity contribution < 1.29 is 17.6 Å². The summed E-state index contributed by atoms with van der Waals surface area (Å²) in [5.41, 5.74) is 0.406. The van der Waals surface area contributed by atoms with Crippen LogP contribution in [0.5, 0.6) is 0 Å². The van der Waals surface area contributed by atoms with Gasteiger partial charge >= 0.3 is 6.18 Å². The van der Waals surface area contributed by atoms with E-state index >= 15 is 0 Å². The molecule has 0 bridgehead atoms. The highest BCUT2D eigenvalue weighted by molar-refractivity contribution is 5.66. The molecule has 0 aromatic heterocycles. The summed E-state index contributed by atoms with van der Waals surface area (Å²) in [5.74, 6) is 1.18. The van der Waals surface area contributed by atoms with Crippen LogP contribution in [0.2, 0.25) is 0 Å². The molecule has 3 rings (SSSR count). The van der Waals surface area contributed by atoms with Crippen molar-refractivity contribution in [2.75, 3.05) is 0 Å². The zero-order chi connectivity index (χ0) is 18.0. The number of alkyl halides is 3. The van der Waals surface area contributed by atoms with Crippen molar-refractivity contribution in [3.05, 3.63) is 41.2 Å². The second kappa shape index (κ2) is 7.51. The van der Waals surface area contributed by atoms with Gasteiger partial charge in [-0.3, -0.25) is 0 Å². The molecule has 1 unspecified atom stereocenters. The van der Waals surface area contributed by atoms with E-state index in [0.29, 0.717) is 11.5 Å². The predicted molar refractivity (Wildman–Crippen MR) is 92.5 cm³/mol. The van der Waals surface area contributed by atoms with Crippen molar-refractivity contribution in [1.29, 1.82) is 0 Å². The van der Waals surface area contributed by atoms with Gasteiger partial charge in [0, 0.05) is 0 Å². The number of halogens is 4. The van der Waals surface area contributed by atoms with Crippen molar-refractivity contribution >= 4 is 5.57 Å². The second-order valence-corrected chi connectivity index (χ2v) is 7.65. The molecule has 4 heteroatoms. The fourth-order valence-corrected chi connectivity index (χ4v) is 4.56. The molecule has 0 spiro atoms. The van der Waals surface area contributed by atoms with Gasteiger partial charge in [0.25, 0.3) is 0 Å². The first-order valence-corrected chi connectivity index (χ1v) is 9.44. The Balaban J connectivity index is 1.64. The molecule has 1 aromatic carbocycles. The monoisotopic (exact) mass is 354 g/mol. The third-order valence-corrected chi connectivity index (χ3v) is 6.23. The summed E-state index contributed by atoms with van der Waals surface area (Å²) in [6.45, 7) is 2.27. The minimum atomic E-state index is -4.63. The Bertz CT molecular complexity index is 621. The number of hydrogen-bond acceptors (Lipinski definition) is 0. The minimum Gasteiger partial charge on any atom is -0.206 e. The molecule has 0 N–H and O–H groups in total. The summed E-state index contributed by atoms with van der Waals surface area (Å²) in [6, 6.07) is 3.32. The summed E-state index contributed by atoms with van der Waals surface area (Å²) >= 11 is 0. The molecule has 1 fully saturated rings. The van der Waals surface area contributed by atoms with E-state index in [-0.39, 0.29) is 0 Å². The Hall–Kier alpha value is -1.32. The van der Waals surface area contributed by atoms with Crippen LogP contribution in [-0.2, 0) is 6.18 Å². The van der Waals surface area contributed by atoms with Crippen LogP contribution in [0.3, 0.4) is 0 Å². The van der Waals surface area contributed by atoms with Crippen LogP contribution in [-0.4, -0.2) is 0 Å². The van der Waals surface area contributed by atoms with E-state index in [4.69, 9.17) is 0 Å². The topological polar surface area (TPSA) is 0 Å². The molecule has 25 heavy (non-hydrogen) atoms. The lowest BCUT2D eigenvalue weighted by Gasteiger charge is -2.35. The minimum absolute atomic E-state index is 0.596. The van der Waals surface area contributed by atoms with E-state index in [1.165, 1.54) is 38.2 Å². The molecule has 0 aliphatic heterocycles. The van der Waals surface area contributed by atoms with Crippen molar-refractivity contribution in [3.8, 4) is 0 Å². The first kappa shape index (κ1) is 18.5. The highest BCUT2D eigenvalue weighted by Crippen LogP contribution is 2.42. The smallest absolute Gasteiger partial charge is 0.206 e. The van der Waals surface area contributed by atoms with Gasteiger partial charge in [0.2, 0.25) is 0 Å². The maximum atomic E-state index is 13.8. The molecule has 0 amide bonds. The van der Waals surface area contributed by atoms with Crippen molar-refractivity contribution in [2.45, 2.75) is 64.5 Å². The van der Waals surface area contributed by atoms with Gasteiger partial charge in [-0.2, -0.15) is 13.2 Å². The van der Waals surface area contributed by atoms with Crippen molar-refractivity contribution in [1.82, 2.24) is 0 Å². The Kier molecular flexibility index (Phi) is 5.55. The molecule has 1 atom stereocenters. The summed E-state index contributed by atoms with van der Waals surface area (Å²) in [5, 5.41) is 0. The van der Waals surface area contributed by atoms with Gasteiger partial charge in [0.15, 0.2) is 0 Å². The van der Waals surface area contributed by atoms with Crippen LogP contribution in [0.25, 0.3) is 5.57 Å². The molecule has 0 heterocycles. The Morgan fingerprint density at radius 3 is 2.24 bits per heavy atom. The lowest BCUT2D eigenvalue weighted by molar-refractivity contribution is -0.140. The van der Waals surface area contributed by atoms with Crippen LogP contribution in [0.15, 0.2) is 24.3 Å². The number of allylic oxidation sites excluding steroid dienone is 2. The molecule has 2 aliphatic rings.